The van der Waals surface area contributed by atoms with Crippen LogP contribution in [0.15, 0.2) is 22.2 Å². The first-order valence-corrected chi connectivity index (χ1v) is 15.1. The quantitative estimate of drug-likeness (QED) is 0.525. The lowest BCUT2D eigenvalue weighted by atomic mass is 9.73. The molecule has 7 nitrogen and oxygen atoms in total. The van der Waals surface area contributed by atoms with Gasteiger partial charge in [-0.15, -0.1) is 0 Å². The van der Waals surface area contributed by atoms with Gasteiger partial charge in [-0.05, 0) is 39.2 Å². The number of nitrogens with two attached hydrogens (primary N) is 2. The lowest BCUT2D eigenvalue weighted by Gasteiger charge is -2.41. The SMILES string of the molecule is C[C@@H]1OCC2(CCN(c3cnc(Sc4c(Cl)cc(Cl)c(P(C)(C)=O)c4Cl)c(N)n3)CC2)[C@@H]1N. The molecule has 0 radical (unpaired) electrons. The number of rotatable bonds is 4. The number of hydrogen-bond donors (Lipinski definition) is 2. The number of halogens is 3. The third-order valence-corrected chi connectivity index (χ3v) is 10.7. The summed E-state index contributed by atoms with van der Waals surface area (Å²) in [6.07, 6.45) is 3.66. The first-order chi connectivity index (χ1) is 15.4. The molecule has 0 amide bonds. The first kappa shape index (κ1) is 25.4. The Balaban J connectivity index is 1.54. The van der Waals surface area contributed by atoms with Crippen LogP contribution < -0.4 is 21.7 Å². The Bertz CT molecular complexity index is 1120. The van der Waals surface area contributed by atoms with Crippen molar-refractivity contribution in [2.45, 2.75) is 41.8 Å². The smallest absolute Gasteiger partial charge is 0.158 e. The maximum atomic E-state index is 12.7. The highest BCUT2D eigenvalue weighted by Crippen LogP contribution is 2.48. The van der Waals surface area contributed by atoms with Crippen LogP contribution in [0, 0.1) is 5.41 Å². The third kappa shape index (κ3) is 4.86. The third-order valence-electron chi connectivity index (χ3n) is 6.52. The standard InChI is InChI=1S/C21H27Cl3N5O2PS/c1-11-18(25)21(10-31-11)4-6-29(7-5-21)14-9-27-20(19(26)28-14)33-17-13(23)8-12(22)16(15(17)24)32(2,3)30/h8-9,11,18H,4-7,10,25H2,1-3H3,(H2,26,28)/t11-,18+/m0/s1. The van der Waals surface area contributed by atoms with Crippen molar-refractivity contribution in [2.75, 3.05) is 43.7 Å². The van der Waals surface area contributed by atoms with Crippen molar-refractivity contribution in [2.24, 2.45) is 11.1 Å². The molecule has 12 heteroatoms. The summed E-state index contributed by atoms with van der Waals surface area (Å²) in [4.78, 5) is 11.8. The molecular weight excluding hydrogens is 524 g/mol. The van der Waals surface area contributed by atoms with Gasteiger partial charge in [0.1, 0.15) is 18.0 Å². The predicted octanol–water partition coefficient (Wildman–Crippen LogP) is 4.75. The topological polar surface area (TPSA) is 107 Å². The van der Waals surface area contributed by atoms with Crippen LogP contribution in [0.25, 0.3) is 0 Å². The van der Waals surface area contributed by atoms with Gasteiger partial charge >= 0.3 is 0 Å². The molecule has 2 aromatic rings. The summed E-state index contributed by atoms with van der Waals surface area (Å²) in [7, 11) is -2.73. The van der Waals surface area contributed by atoms with Crippen LogP contribution in [0.3, 0.4) is 0 Å². The van der Waals surface area contributed by atoms with Crippen LogP contribution in [0.2, 0.25) is 15.1 Å². The number of hydrogen-bond acceptors (Lipinski definition) is 8. The molecule has 180 valence electrons. The number of benzene rings is 1. The van der Waals surface area contributed by atoms with E-state index in [4.69, 9.17) is 51.0 Å². The van der Waals surface area contributed by atoms with Gasteiger partial charge in [0.15, 0.2) is 5.82 Å². The molecule has 1 spiro atoms. The number of piperidine rings is 1. The Morgan fingerprint density at radius 1 is 1.24 bits per heavy atom. The minimum atomic E-state index is -2.73. The van der Waals surface area contributed by atoms with E-state index in [9.17, 15) is 4.57 Å². The lowest BCUT2D eigenvalue weighted by molar-refractivity contribution is 0.0974. The van der Waals surface area contributed by atoms with Gasteiger partial charge in [-0.1, -0.05) is 46.6 Å². The summed E-state index contributed by atoms with van der Waals surface area (Å²) < 4.78 is 18.5. The van der Waals surface area contributed by atoms with Crippen molar-refractivity contribution in [1.82, 2.24) is 9.97 Å². The van der Waals surface area contributed by atoms with Crippen LogP contribution in [0.4, 0.5) is 11.6 Å². The van der Waals surface area contributed by atoms with Crippen molar-refractivity contribution in [3.63, 3.8) is 0 Å². The molecule has 1 aromatic heterocycles. The molecule has 0 saturated carbocycles. The molecule has 4 N–H and O–H groups in total. The van der Waals surface area contributed by atoms with Gasteiger partial charge in [-0.25, -0.2) is 9.97 Å². The number of nitrogens with zero attached hydrogens (tertiary/aromatic N) is 3. The van der Waals surface area contributed by atoms with Gasteiger partial charge in [0.05, 0.1) is 38.9 Å². The summed E-state index contributed by atoms with van der Waals surface area (Å²) in [5, 5.41) is 1.73. The zero-order chi connectivity index (χ0) is 24.1. The zero-order valence-corrected chi connectivity index (χ0v) is 22.6. The zero-order valence-electron chi connectivity index (χ0n) is 18.6. The Hall–Kier alpha value is -0.730. The molecule has 0 unspecified atom stereocenters. The fourth-order valence-corrected chi connectivity index (χ4v) is 8.77. The summed E-state index contributed by atoms with van der Waals surface area (Å²) in [6.45, 7) is 7.59. The van der Waals surface area contributed by atoms with Crippen molar-refractivity contribution in [3.8, 4) is 0 Å². The van der Waals surface area contributed by atoms with Crippen molar-refractivity contribution >= 4 is 70.6 Å². The number of nitrogen functional groups attached to an aromatic ring is 1. The number of anilines is 2. The average Bonchev–Trinajstić information content (AvgIpc) is 3.00. The van der Waals surface area contributed by atoms with E-state index in [0.717, 1.165) is 25.9 Å². The molecule has 2 aliphatic rings. The normalized spacial score (nSPS) is 22.8. The molecule has 33 heavy (non-hydrogen) atoms. The van der Waals surface area contributed by atoms with Gasteiger partial charge < -0.3 is 25.7 Å². The van der Waals surface area contributed by atoms with Crippen molar-refractivity contribution in [1.29, 1.82) is 0 Å². The maximum absolute atomic E-state index is 12.7. The second-order valence-corrected chi connectivity index (χ2v) is 14.4. The molecule has 1 aromatic carbocycles. The minimum absolute atomic E-state index is 0.0302. The largest absolute Gasteiger partial charge is 0.381 e. The monoisotopic (exact) mass is 549 g/mol. The van der Waals surface area contributed by atoms with Crippen molar-refractivity contribution < 1.29 is 9.30 Å². The van der Waals surface area contributed by atoms with Crippen LogP contribution in [0.5, 0.6) is 0 Å². The van der Waals surface area contributed by atoms with E-state index in [0.29, 0.717) is 32.7 Å². The van der Waals surface area contributed by atoms with E-state index in [2.05, 4.69) is 14.9 Å². The van der Waals surface area contributed by atoms with Crippen molar-refractivity contribution in [3.05, 3.63) is 27.3 Å². The highest BCUT2D eigenvalue weighted by atomic mass is 35.5. The van der Waals surface area contributed by atoms with Gasteiger partial charge in [0, 0.05) is 29.9 Å². The Labute approximate surface area is 213 Å². The second kappa shape index (κ2) is 9.38. The van der Waals surface area contributed by atoms with Gasteiger partial charge in [-0.3, -0.25) is 0 Å². The summed E-state index contributed by atoms with van der Waals surface area (Å²) in [6, 6.07) is 1.60. The van der Waals surface area contributed by atoms with Gasteiger partial charge in [-0.2, -0.15) is 0 Å². The molecule has 2 aliphatic heterocycles. The molecule has 3 heterocycles. The molecule has 2 atom stereocenters. The molecular formula is C21H27Cl3N5O2PS. The van der Waals surface area contributed by atoms with Gasteiger partial charge in [0.25, 0.3) is 0 Å². The summed E-state index contributed by atoms with van der Waals surface area (Å²) in [5.74, 6) is 0.986. The highest BCUT2D eigenvalue weighted by Gasteiger charge is 2.47. The van der Waals surface area contributed by atoms with E-state index in [-0.39, 0.29) is 33.4 Å². The Morgan fingerprint density at radius 3 is 2.45 bits per heavy atom. The van der Waals surface area contributed by atoms with E-state index in [1.807, 2.05) is 6.92 Å². The van der Waals surface area contributed by atoms with E-state index in [1.54, 1.807) is 25.6 Å². The molecule has 0 bridgehead atoms. The fourth-order valence-electron chi connectivity index (χ4n) is 4.51. The van der Waals surface area contributed by atoms with E-state index in [1.165, 1.54) is 11.8 Å². The van der Waals surface area contributed by atoms with E-state index >= 15 is 0 Å². The average molecular weight is 551 g/mol. The molecule has 4 rings (SSSR count). The predicted molar refractivity (Wildman–Crippen MR) is 138 cm³/mol. The van der Waals surface area contributed by atoms with Crippen LogP contribution in [-0.4, -0.2) is 55.1 Å². The lowest BCUT2D eigenvalue weighted by Crippen LogP contribution is -2.50. The molecule has 2 saturated heterocycles. The van der Waals surface area contributed by atoms with Crippen LogP contribution >= 0.6 is 53.7 Å². The van der Waals surface area contributed by atoms with E-state index < -0.39 is 7.14 Å². The van der Waals surface area contributed by atoms with Gasteiger partial charge in [0.2, 0.25) is 0 Å². The van der Waals surface area contributed by atoms with Crippen LogP contribution in [-0.2, 0) is 9.30 Å². The number of ether oxygens (including phenoxy) is 1. The Kier molecular flexibility index (Phi) is 7.21. The molecule has 0 aliphatic carbocycles. The summed E-state index contributed by atoms with van der Waals surface area (Å²) >= 11 is 20.4. The fraction of sp³-hybridized carbons (Fsp3) is 0.524. The Morgan fingerprint density at radius 2 is 1.91 bits per heavy atom. The second-order valence-electron chi connectivity index (χ2n) is 9.09. The summed E-state index contributed by atoms with van der Waals surface area (Å²) in [5.41, 5.74) is 12.7. The number of aromatic nitrogens is 2. The maximum Gasteiger partial charge on any atom is 0.158 e. The highest BCUT2D eigenvalue weighted by molar-refractivity contribution is 7.99. The minimum Gasteiger partial charge on any atom is -0.381 e. The van der Waals surface area contributed by atoms with Crippen LogP contribution in [0.1, 0.15) is 19.8 Å². The first-order valence-electron chi connectivity index (χ1n) is 10.6. The molecule has 2 fully saturated rings.